The molecule has 0 spiro atoms. The van der Waals surface area contributed by atoms with Crippen LogP contribution in [0.5, 0.6) is 0 Å². The van der Waals surface area contributed by atoms with Crippen molar-refractivity contribution in [3.63, 3.8) is 0 Å². The smallest absolute Gasteiger partial charge is 0.338 e. The molecule has 0 saturated carbocycles. The van der Waals surface area contributed by atoms with Crippen LogP contribution in [0.2, 0.25) is 0 Å². The SMILES string of the molecule is C=CCOC(=O)c1cccc(-c2ccc(/C=C3\C(=O)N(c4ccc(S(N)(=O)=O)cc4)N=C3C)o2)c1. The molecule has 2 heterocycles. The Morgan fingerprint density at radius 1 is 1.17 bits per heavy atom. The minimum absolute atomic E-state index is 0.0643. The van der Waals surface area contributed by atoms with Crippen LogP contribution in [0.4, 0.5) is 5.69 Å². The summed E-state index contributed by atoms with van der Waals surface area (Å²) in [5.74, 6) is 0.0617. The van der Waals surface area contributed by atoms with Gasteiger partial charge in [-0.25, -0.2) is 18.4 Å². The number of esters is 1. The van der Waals surface area contributed by atoms with Crippen LogP contribution in [-0.4, -0.2) is 32.6 Å². The lowest BCUT2D eigenvalue weighted by atomic mass is 10.1. The molecule has 4 rings (SSSR count). The second-order valence-electron chi connectivity index (χ2n) is 7.57. The first-order valence-electron chi connectivity index (χ1n) is 10.4. The number of carbonyl (C=O) groups excluding carboxylic acids is 2. The Morgan fingerprint density at radius 3 is 2.60 bits per heavy atom. The summed E-state index contributed by atoms with van der Waals surface area (Å²) in [6.07, 6.45) is 3.07. The number of hydrazone groups is 1. The summed E-state index contributed by atoms with van der Waals surface area (Å²) in [7, 11) is -3.84. The van der Waals surface area contributed by atoms with E-state index in [1.165, 1.54) is 35.4 Å². The van der Waals surface area contributed by atoms with Crippen LogP contribution in [0.1, 0.15) is 23.0 Å². The molecule has 178 valence electrons. The highest BCUT2D eigenvalue weighted by Gasteiger charge is 2.29. The fraction of sp³-hybridized carbons (Fsp3) is 0.0800. The molecule has 0 fully saturated rings. The van der Waals surface area contributed by atoms with Gasteiger partial charge in [-0.3, -0.25) is 4.79 Å². The van der Waals surface area contributed by atoms with Crippen LogP contribution in [0, 0.1) is 0 Å². The van der Waals surface area contributed by atoms with Crippen LogP contribution in [0.3, 0.4) is 0 Å². The van der Waals surface area contributed by atoms with E-state index in [4.69, 9.17) is 14.3 Å². The van der Waals surface area contributed by atoms with E-state index in [9.17, 15) is 18.0 Å². The number of nitrogens with zero attached hydrogens (tertiary/aromatic N) is 2. The molecule has 0 aliphatic carbocycles. The number of amides is 1. The average Bonchev–Trinajstić information content (AvgIpc) is 3.42. The molecule has 0 radical (unpaired) electrons. The summed E-state index contributed by atoms with van der Waals surface area (Å²) in [4.78, 5) is 25.0. The van der Waals surface area contributed by atoms with Gasteiger partial charge in [-0.1, -0.05) is 24.8 Å². The maximum Gasteiger partial charge on any atom is 0.338 e. The Morgan fingerprint density at radius 2 is 1.91 bits per heavy atom. The van der Waals surface area contributed by atoms with Gasteiger partial charge in [0.1, 0.15) is 18.1 Å². The van der Waals surface area contributed by atoms with E-state index in [-0.39, 0.29) is 11.5 Å². The second kappa shape index (κ2) is 9.53. The van der Waals surface area contributed by atoms with Crippen LogP contribution < -0.4 is 10.1 Å². The van der Waals surface area contributed by atoms with Crippen molar-refractivity contribution in [2.75, 3.05) is 11.6 Å². The van der Waals surface area contributed by atoms with E-state index in [0.29, 0.717) is 39.6 Å². The molecule has 1 aromatic heterocycles. The largest absolute Gasteiger partial charge is 0.458 e. The number of carbonyl (C=O) groups is 2. The predicted molar refractivity (Wildman–Crippen MR) is 131 cm³/mol. The molecule has 0 unspecified atom stereocenters. The third-order valence-corrected chi connectivity index (χ3v) is 6.03. The summed E-state index contributed by atoms with van der Waals surface area (Å²) in [6.45, 7) is 5.32. The summed E-state index contributed by atoms with van der Waals surface area (Å²) < 4.78 is 33.9. The Kier molecular flexibility index (Phi) is 6.50. The zero-order valence-corrected chi connectivity index (χ0v) is 19.5. The van der Waals surface area contributed by atoms with Crippen LogP contribution in [0.15, 0.2) is 93.3 Å². The van der Waals surface area contributed by atoms with Crippen molar-refractivity contribution >= 4 is 39.4 Å². The van der Waals surface area contributed by atoms with Gasteiger partial charge >= 0.3 is 5.97 Å². The number of hydrogen-bond donors (Lipinski definition) is 1. The van der Waals surface area contributed by atoms with E-state index in [1.54, 1.807) is 49.4 Å². The molecule has 1 aliphatic rings. The van der Waals surface area contributed by atoms with Crippen molar-refractivity contribution in [3.8, 4) is 11.3 Å². The van der Waals surface area contributed by atoms with Gasteiger partial charge in [-0.2, -0.15) is 10.1 Å². The van der Waals surface area contributed by atoms with Crippen molar-refractivity contribution in [2.24, 2.45) is 10.2 Å². The minimum Gasteiger partial charge on any atom is -0.458 e. The first-order chi connectivity index (χ1) is 16.7. The number of anilines is 1. The summed E-state index contributed by atoms with van der Waals surface area (Å²) in [6, 6.07) is 15.8. The molecule has 0 bridgehead atoms. The number of ether oxygens (including phenoxy) is 1. The summed E-state index contributed by atoms with van der Waals surface area (Å²) in [5, 5.41) is 10.6. The van der Waals surface area contributed by atoms with Crippen molar-refractivity contribution in [3.05, 3.63) is 90.2 Å². The topological polar surface area (TPSA) is 132 Å². The van der Waals surface area contributed by atoms with Gasteiger partial charge in [-0.05, 0) is 61.5 Å². The first-order valence-corrected chi connectivity index (χ1v) is 11.9. The van der Waals surface area contributed by atoms with E-state index in [2.05, 4.69) is 11.7 Å². The maximum atomic E-state index is 13.0. The molecule has 10 heteroatoms. The zero-order chi connectivity index (χ0) is 25.2. The van der Waals surface area contributed by atoms with Gasteiger partial charge in [0, 0.05) is 5.56 Å². The quantitative estimate of drug-likeness (QED) is 0.304. The van der Waals surface area contributed by atoms with Crippen molar-refractivity contribution in [1.82, 2.24) is 0 Å². The Bertz CT molecular complexity index is 1480. The highest BCUT2D eigenvalue weighted by atomic mass is 32.2. The normalized spacial score (nSPS) is 14.8. The number of hydrogen-bond acceptors (Lipinski definition) is 7. The molecule has 1 amide bonds. The number of nitrogens with two attached hydrogens (primary N) is 1. The number of primary sulfonamides is 1. The maximum absolute atomic E-state index is 13.0. The molecule has 35 heavy (non-hydrogen) atoms. The third kappa shape index (κ3) is 5.13. The van der Waals surface area contributed by atoms with Crippen LogP contribution >= 0.6 is 0 Å². The predicted octanol–water partition coefficient (Wildman–Crippen LogP) is 3.74. The van der Waals surface area contributed by atoms with Gasteiger partial charge in [0.2, 0.25) is 10.0 Å². The van der Waals surface area contributed by atoms with Gasteiger partial charge in [-0.15, -0.1) is 0 Å². The highest BCUT2D eigenvalue weighted by molar-refractivity contribution is 7.89. The van der Waals surface area contributed by atoms with E-state index in [0.717, 1.165) is 0 Å². The molecular weight excluding hydrogens is 470 g/mol. The molecule has 9 nitrogen and oxygen atoms in total. The van der Waals surface area contributed by atoms with Crippen LogP contribution in [0.25, 0.3) is 17.4 Å². The standard InChI is InChI=1S/C25H21N3O6S/c1-3-13-33-25(30)18-6-4-5-17(14-18)23-12-9-20(34-23)15-22-16(2)27-28(24(22)29)19-7-10-21(11-8-19)35(26,31)32/h3-12,14-15H,1,13H2,2H3,(H2,26,31,32)/b22-15-. The van der Waals surface area contributed by atoms with Crippen molar-refractivity contribution in [1.29, 1.82) is 0 Å². The Labute approximate surface area is 201 Å². The van der Waals surface area contributed by atoms with Crippen molar-refractivity contribution < 1.29 is 27.2 Å². The lowest BCUT2D eigenvalue weighted by Crippen LogP contribution is -2.21. The number of sulfonamides is 1. The summed E-state index contributed by atoms with van der Waals surface area (Å²) in [5.41, 5.74) is 2.23. The van der Waals surface area contributed by atoms with Gasteiger partial charge in [0.25, 0.3) is 5.91 Å². The van der Waals surface area contributed by atoms with Gasteiger partial charge in [0.05, 0.1) is 27.4 Å². The Hall–Kier alpha value is -4.28. The second-order valence-corrected chi connectivity index (χ2v) is 9.13. The van der Waals surface area contributed by atoms with E-state index in [1.807, 2.05) is 0 Å². The zero-order valence-electron chi connectivity index (χ0n) is 18.7. The molecule has 0 atom stereocenters. The molecular formula is C25H21N3O6S. The molecule has 2 aromatic carbocycles. The number of furan rings is 1. The fourth-order valence-corrected chi connectivity index (χ4v) is 3.90. The molecule has 1 aliphatic heterocycles. The van der Waals surface area contributed by atoms with Crippen LogP contribution in [-0.2, 0) is 19.6 Å². The average molecular weight is 492 g/mol. The first kappa shape index (κ1) is 23.9. The third-order valence-electron chi connectivity index (χ3n) is 5.10. The molecule has 3 aromatic rings. The number of benzene rings is 2. The lowest BCUT2D eigenvalue weighted by Gasteiger charge is -2.11. The molecule has 2 N–H and O–H groups in total. The monoisotopic (exact) mass is 491 g/mol. The lowest BCUT2D eigenvalue weighted by molar-refractivity contribution is -0.114. The summed E-state index contributed by atoms with van der Waals surface area (Å²) >= 11 is 0. The van der Waals surface area contributed by atoms with Gasteiger partial charge < -0.3 is 9.15 Å². The number of rotatable bonds is 7. The molecule has 0 saturated heterocycles. The highest BCUT2D eigenvalue weighted by Crippen LogP contribution is 2.28. The fourth-order valence-electron chi connectivity index (χ4n) is 3.38. The van der Waals surface area contributed by atoms with E-state index >= 15 is 0 Å². The van der Waals surface area contributed by atoms with Gasteiger partial charge in [0.15, 0.2) is 0 Å². The Balaban J connectivity index is 1.55. The van der Waals surface area contributed by atoms with E-state index < -0.39 is 21.9 Å². The van der Waals surface area contributed by atoms with Crippen molar-refractivity contribution in [2.45, 2.75) is 11.8 Å². The minimum atomic E-state index is -3.84.